The second-order valence-electron chi connectivity index (χ2n) is 3.92. The van der Waals surface area contributed by atoms with E-state index in [9.17, 15) is 0 Å². The van der Waals surface area contributed by atoms with E-state index in [1.165, 1.54) is 10.5 Å². The molecule has 1 N–H and O–H groups in total. The molecule has 0 radical (unpaired) electrons. The van der Waals surface area contributed by atoms with Crippen molar-refractivity contribution >= 4 is 29.1 Å². The average molecular weight is 268 g/mol. The van der Waals surface area contributed by atoms with Gasteiger partial charge in [-0.2, -0.15) is 0 Å². The largest absolute Gasteiger partial charge is 0.363 e. The topological polar surface area (TPSA) is 15.3 Å². The van der Waals surface area contributed by atoms with Crippen LogP contribution in [0.2, 0.25) is 0 Å². The Morgan fingerprint density at radius 3 is 2.59 bits per heavy atom. The normalized spacial score (nSPS) is 10.1. The van der Waals surface area contributed by atoms with Crippen molar-refractivity contribution in [1.82, 2.24) is 10.2 Å². The number of thioether (sulfide) groups is 1. The summed E-state index contributed by atoms with van der Waals surface area (Å²) in [6.45, 7) is 6.01. The van der Waals surface area contributed by atoms with E-state index >= 15 is 0 Å². The van der Waals surface area contributed by atoms with Crippen molar-refractivity contribution in [3.8, 4) is 0 Å². The van der Waals surface area contributed by atoms with Crippen LogP contribution in [0.15, 0.2) is 29.2 Å². The molecule has 17 heavy (non-hydrogen) atoms. The lowest BCUT2D eigenvalue weighted by atomic mass is 10.2. The van der Waals surface area contributed by atoms with Gasteiger partial charge in [0.15, 0.2) is 5.11 Å². The molecular formula is C13H20N2S2. The molecule has 0 unspecified atom stereocenters. The Morgan fingerprint density at radius 1 is 1.35 bits per heavy atom. The summed E-state index contributed by atoms with van der Waals surface area (Å²) in [7, 11) is 2.03. The molecule has 0 aliphatic carbocycles. The van der Waals surface area contributed by atoms with Crippen LogP contribution in [0.4, 0.5) is 0 Å². The molecule has 0 atom stereocenters. The lowest BCUT2D eigenvalue weighted by molar-refractivity contribution is 0.528. The van der Waals surface area contributed by atoms with E-state index in [0.29, 0.717) is 0 Å². The molecule has 0 aromatic heterocycles. The van der Waals surface area contributed by atoms with Crippen molar-refractivity contribution in [3.63, 3.8) is 0 Å². The van der Waals surface area contributed by atoms with E-state index in [-0.39, 0.29) is 0 Å². The Labute approximate surface area is 114 Å². The second-order valence-corrected chi connectivity index (χ2v) is 5.47. The van der Waals surface area contributed by atoms with E-state index in [4.69, 9.17) is 12.2 Å². The van der Waals surface area contributed by atoms with Crippen LogP contribution in [-0.2, 0) is 0 Å². The zero-order valence-corrected chi connectivity index (χ0v) is 12.3. The zero-order valence-electron chi connectivity index (χ0n) is 10.7. The van der Waals surface area contributed by atoms with Crippen molar-refractivity contribution in [2.24, 2.45) is 0 Å². The minimum Gasteiger partial charge on any atom is -0.363 e. The SMILES string of the molecule is CCNC(=S)N(C)CCSc1ccc(C)cc1. The van der Waals surface area contributed by atoms with Crippen molar-refractivity contribution < 1.29 is 0 Å². The van der Waals surface area contributed by atoms with Gasteiger partial charge in [0.25, 0.3) is 0 Å². The molecule has 1 rings (SSSR count). The molecule has 0 spiro atoms. The molecular weight excluding hydrogens is 248 g/mol. The van der Waals surface area contributed by atoms with E-state index in [0.717, 1.165) is 24.0 Å². The fraction of sp³-hybridized carbons (Fsp3) is 0.462. The summed E-state index contributed by atoms with van der Waals surface area (Å²) in [5.74, 6) is 1.05. The fourth-order valence-corrected chi connectivity index (χ4v) is 2.49. The van der Waals surface area contributed by atoms with Gasteiger partial charge in [0.05, 0.1) is 0 Å². The highest BCUT2D eigenvalue weighted by molar-refractivity contribution is 7.99. The Bertz CT molecular complexity index is 349. The molecule has 0 fully saturated rings. The number of aryl methyl sites for hydroxylation is 1. The van der Waals surface area contributed by atoms with Crippen LogP contribution in [0.25, 0.3) is 0 Å². The third-order valence-electron chi connectivity index (χ3n) is 2.39. The van der Waals surface area contributed by atoms with Crippen LogP contribution in [0.1, 0.15) is 12.5 Å². The molecule has 0 amide bonds. The highest BCUT2D eigenvalue weighted by Gasteiger charge is 2.02. The van der Waals surface area contributed by atoms with Crippen LogP contribution >= 0.6 is 24.0 Å². The minimum atomic E-state index is 0.831. The van der Waals surface area contributed by atoms with Gasteiger partial charge >= 0.3 is 0 Å². The van der Waals surface area contributed by atoms with Crippen LogP contribution < -0.4 is 5.32 Å². The molecule has 4 heteroatoms. The molecule has 94 valence electrons. The Hall–Kier alpha value is -0.740. The summed E-state index contributed by atoms with van der Waals surface area (Å²) in [6.07, 6.45) is 0. The lowest BCUT2D eigenvalue weighted by Gasteiger charge is -2.20. The number of rotatable bonds is 5. The van der Waals surface area contributed by atoms with Gasteiger partial charge in [-0.3, -0.25) is 0 Å². The summed E-state index contributed by atoms with van der Waals surface area (Å²) in [5, 5.41) is 3.98. The maximum Gasteiger partial charge on any atom is 0.168 e. The number of thiocarbonyl (C=S) groups is 1. The second kappa shape index (κ2) is 7.56. The summed E-state index contributed by atoms with van der Waals surface area (Å²) in [6, 6.07) is 8.63. The van der Waals surface area contributed by atoms with Gasteiger partial charge in [0, 0.05) is 30.8 Å². The molecule has 1 aromatic carbocycles. The van der Waals surface area contributed by atoms with Crippen molar-refractivity contribution in [3.05, 3.63) is 29.8 Å². The summed E-state index contributed by atoms with van der Waals surface area (Å²) >= 11 is 7.09. The molecule has 1 aromatic rings. The number of nitrogens with zero attached hydrogens (tertiary/aromatic N) is 1. The average Bonchev–Trinajstić information content (AvgIpc) is 2.32. The van der Waals surface area contributed by atoms with Gasteiger partial charge in [-0.05, 0) is 38.2 Å². The third-order valence-corrected chi connectivity index (χ3v) is 3.84. The predicted molar refractivity (Wildman–Crippen MR) is 80.8 cm³/mol. The predicted octanol–water partition coefficient (Wildman–Crippen LogP) is 2.91. The quantitative estimate of drug-likeness (QED) is 0.652. The molecule has 2 nitrogen and oxygen atoms in total. The Morgan fingerprint density at radius 2 is 2.00 bits per heavy atom. The Balaban J connectivity index is 2.27. The first-order chi connectivity index (χ1) is 8.13. The number of hydrogen-bond acceptors (Lipinski definition) is 2. The molecule has 0 aliphatic heterocycles. The first-order valence-electron chi connectivity index (χ1n) is 5.82. The van der Waals surface area contributed by atoms with E-state index in [1.807, 2.05) is 18.8 Å². The van der Waals surface area contributed by atoms with Crippen molar-refractivity contribution in [1.29, 1.82) is 0 Å². The van der Waals surface area contributed by atoms with Crippen molar-refractivity contribution in [2.75, 3.05) is 25.9 Å². The van der Waals surface area contributed by atoms with Crippen LogP contribution in [0.3, 0.4) is 0 Å². The molecule has 0 saturated heterocycles. The minimum absolute atomic E-state index is 0.831. The van der Waals surface area contributed by atoms with Gasteiger partial charge in [0.2, 0.25) is 0 Å². The monoisotopic (exact) mass is 268 g/mol. The van der Waals surface area contributed by atoms with Crippen LogP contribution in [0, 0.1) is 6.92 Å². The lowest BCUT2D eigenvalue weighted by Crippen LogP contribution is -2.37. The highest BCUT2D eigenvalue weighted by Crippen LogP contribution is 2.17. The van der Waals surface area contributed by atoms with Crippen LogP contribution in [-0.4, -0.2) is 35.9 Å². The molecule has 0 bridgehead atoms. The molecule has 0 saturated carbocycles. The Kier molecular flexibility index (Phi) is 6.37. The van der Waals surface area contributed by atoms with Gasteiger partial charge in [-0.15, -0.1) is 11.8 Å². The fourth-order valence-electron chi connectivity index (χ4n) is 1.32. The number of nitrogens with one attached hydrogen (secondary N) is 1. The molecule has 0 heterocycles. The third kappa shape index (κ3) is 5.41. The van der Waals surface area contributed by atoms with Crippen LogP contribution in [0.5, 0.6) is 0 Å². The van der Waals surface area contributed by atoms with Crippen molar-refractivity contribution in [2.45, 2.75) is 18.7 Å². The first kappa shape index (κ1) is 14.3. The van der Waals surface area contributed by atoms with Gasteiger partial charge < -0.3 is 10.2 Å². The highest BCUT2D eigenvalue weighted by atomic mass is 32.2. The van der Waals surface area contributed by atoms with Gasteiger partial charge in [-0.1, -0.05) is 17.7 Å². The summed E-state index contributed by atoms with van der Waals surface area (Å²) < 4.78 is 0. The summed E-state index contributed by atoms with van der Waals surface area (Å²) in [4.78, 5) is 3.40. The van der Waals surface area contributed by atoms with E-state index < -0.39 is 0 Å². The van der Waals surface area contributed by atoms with Gasteiger partial charge in [0.1, 0.15) is 0 Å². The van der Waals surface area contributed by atoms with Gasteiger partial charge in [-0.25, -0.2) is 0 Å². The number of hydrogen-bond donors (Lipinski definition) is 1. The standard InChI is InChI=1S/C13H20N2S2/c1-4-14-13(16)15(3)9-10-17-12-7-5-11(2)6-8-12/h5-8H,4,9-10H2,1-3H3,(H,14,16). The maximum atomic E-state index is 5.23. The smallest absolute Gasteiger partial charge is 0.168 e. The van der Waals surface area contributed by atoms with E-state index in [1.54, 1.807) is 0 Å². The summed E-state index contributed by atoms with van der Waals surface area (Å²) in [5.41, 5.74) is 1.31. The zero-order chi connectivity index (χ0) is 12.7. The van der Waals surface area contributed by atoms with E-state index in [2.05, 4.69) is 48.3 Å². The molecule has 0 aliphatic rings. The maximum absolute atomic E-state index is 5.23. The number of benzene rings is 1. The first-order valence-corrected chi connectivity index (χ1v) is 7.21.